The standard InChI is InChI=1S/C17H18ClFN2S/c1-10-6-12(3)16(7-11(10)2)21-17(22)20-9-13-4-5-15(19)14(18)8-13/h4-8H,9H2,1-3H3,(H2,20,21,22). The van der Waals surface area contributed by atoms with Crippen molar-refractivity contribution in [1.82, 2.24) is 5.32 Å². The second kappa shape index (κ2) is 7.07. The summed E-state index contributed by atoms with van der Waals surface area (Å²) in [6.07, 6.45) is 0. The van der Waals surface area contributed by atoms with Crippen molar-refractivity contribution in [3.8, 4) is 0 Å². The van der Waals surface area contributed by atoms with E-state index in [9.17, 15) is 4.39 Å². The van der Waals surface area contributed by atoms with E-state index < -0.39 is 5.82 Å². The molecule has 2 aromatic carbocycles. The van der Waals surface area contributed by atoms with Gasteiger partial charge in [0.1, 0.15) is 5.82 Å². The minimum atomic E-state index is -0.420. The van der Waals surface area contributed by atoms with Crippen molar-refractivity contribution >= 4 is 34.6 Å². The van der Waals surface area contributed by atoms with E-state index in [1.54, 1.807) is 12.1 Å². The maximum Gasteiger partial charge on any atom is 0.171 e. The molecule has 0 saturated heterocycles. The number of thiocarbonyl (C=S) groups is 1. The average Bonchev–Trinajstić information content (AvgIpc) is 2.46. The van der Waals surface area contributed by atoms with Gasteiger partial charge in [-0.3, -0.25) is 0 Å². The highest BCUT2D eigenvalue weighted by Gasteiger charge is 2.05. The molecule has 0 bridgehead atoms. The van der Waals surface area contributed by atoms with Crippen LogP contribution in [0.4, 0.5) is 10.1 Å². The van der Waals surface area contributed by atoms with Gasteiger partial charge in [0.2, 0.25) is 0 Å². The molecule has 2 aromatic rings. The summed E-state index contributed by atoms with van der Waals surface area (Å²) in [4.78, 5) is 0. The lowest BCUT2D eigenvalue weighted by Crippen LogP contribution is -2.28. The Balaban J connectivity index is 1.98. The monoisotopic (exact) mass is 336 g/mol. The third kappa shape index (κ3) is 4.18. The zero-order chi connectivity index (χ0) is 16.3. The van der Waals surface area contributed by atoms with Crippen molar-refractivity contribution in [2.75, 3.05) is 5.32 Å². The molecule has 0 aromatic heterocycles. The van der Waals surface area contributed by atoms with E-state index in [0.717, 1.165) is 16.8 Å². The largest absolute Gasteiger partial charge is 0.358 e. The Morgan fingerprint density at radius 2 is 1.77 bits per heavy atom. The predicted molar refractivity (Wildman–Crippen MR) is 95.1 cm³/mol. The molecule has 0 fully saturated rings. The van der Waals surface area contributed by atoms with Crippen LogP contribution in [0.2, 0.25) is 5.02 Å². The van der Waals surface area contributed by atoms with E-state index >= 15 is 0 Å². The van der Waals surface area contributed by atoms with Gasteiger partial charge in [-0.05, 0) is 73.4 Å². The molecule has 2 rings (SSSR count). The fraction of sp³-hybridized carbons (Fsp3) is 0.235. The van der Waals surface area contributed by atoms with Crippen LogP contribution in [0.1, 0.15) is 22.3 Å². The molecule has 2 nitrogen and oxygen atoms in total. The number of rotatable bonds is 3. The van der Waals surface area contributed by atoms with Gasteiger partial charge >= 0.3 is 0 Å². The number of benzene rings is 2. The maximum atomic E-state index is 13.1. The summed E-state index contributed by atoms with van der Waals surface area (Å²) < 4.78 is 13.1. The smallest absolute Gasteiger partial charge is 0.171 e. The van der Waals surface area contributed by atoms with Crippen molar-refractivity contribution in [2.45, 2.75) is 27.3 Å². The topological polar surface area (TPSA) is 24.1 Å². The predicted octanol–water partition coefficient (Wildman–Crippen LogP) is 4.89. The molecule has 0 atom stereocenters. The normalized spacial score (nSPS) is 10.4. The van der Waals surface area contributed by atoms with Crippen LogP contribution in [0, 0.1) is 26.6 Å². The molecule has 0 spiro atoms. The lowest BCUT2D eigenvalue weighted by atomic mass is 10.1. The Labute approximate surface area is 140 Å². The van der Waals surface area contributed by atoms with E-state index in [2.05, 4.69) is 36.6 Å². The Kier molecular flexibility index (Phi) is 5.37. The molecular weight excluding hydrogens is 319 g/mol. The highest BCUT2D eigenvalue weighted by atomic mass is 35.5. The van der Waals surface area contributed by atoms with Gasteiger partial charge in [0.25, 0.3) is 0 Å². The first-order chi connectivity index (χ1) is 10.4. The fourth-order valence-electron chi connectivity index (χ4n) is 2.09. The number of halogens is 2. The van der Waals surface area contributed by atoms with Crippen molar-refractivity contribution < 1.29 is 4.39 Å². The molecule has 0 amide bonds. The second-order valence-corrected chi connectivity index (χ2v) is 6.12. The molecule has 5 heteroatoms. The zero-order valence-electron chi connectivity index (χ0n) is 12.8. The van der Waals surface area contributed by atoms with E-state index in [0.29, 0.717) is 11.7 Å². The Hall–Kier alpha value is -1.65. The van der Waals surface area contributed by atoms with E-state index in [1.165, 1.54) is 17.2 Å². The summed E-state index contributed by atoms with van der Waals surface area (Å²) in [5.41, 5.74) is 5.45. The van der Waals surface area contributed by atoms with Crippen molar-refractivity contribution in [1.29, 1.82) is 0 Å². The zero-order valence-corrected chi connectivity index (χ0v) is 14.3. The molecule has 116 valence electrons. The van der Waals surface area contributed by atoms with Crippen LogP contribution < -0.4 is 10.6 Å². The summed E-state index contributed by atoms with van der Waals surface area (Å²) in [7, 11) is 0. The minimum Gasteiger partial charge on any atom is -0.358 e. The van der Waals surface area contributed by atoms with Crippen LogP contribution in [0.3, 0.4) is 0 Å². The molecular formula is C17H18ClFN2S. The number of nitrogens with one attached hydrogen (secondary N) is 2. The van der Waals surface area contributed by atoms with Gasteiger partial charge in [0, 0.05) is 12.2 Å². The molecule has 0 aliphatic rings. The lowest BCUT2D eigenvalue weighted by molar-refractivity contribution is 0.627. The third-order valence-corrected chi connectivity index (χ3v) is 4.06. The summed E-state index contributed by atoms with van der Waals surface area (Å²) in [5, 5.41) is 6.92. The van der Waals surface area contributed by atoms with Crippen LogP contribution in [-0.2, 0) is 6.54 Å². The van der Waals surface area contributed by atoms with Gasteiger partial charge in [0.15, 0.2) is 5.11 Å². The molecule has 22 heavy (non-hydrogen) atoms. The van der Waals surface area contributed by atoms with Gasteiger partial charge in [0.05, 0.1) is 5.02 Å². The Bertz CT molecular complexity index is 716. The van der Waals surface area contributed by atoms with Crippen LogP contribution in [-0.4, -0.2) is 5.11 Å². The number of hydrogen-bond acceptors (Lipinski definition) is 1. The number of aryl methyl sites for hydroxylation is 3. The van der Waals surface area contributed by atoms with Crippen LogP contribution in [0.15, 0.2) is 30.3 Å². The molecule has 0 radical (unpaired) electrons. The average molecular weight is 337 g/mol. The van der Waals surface area contributed by atoms with Crippen molar-refractivity contribution in [3.05, 3.63) is 63.4 Å². The molecule has 0 unspecified atom stereocenters. The van der Waals surface area contributed by atoms with Crippen LogP contribution in [0.25, 0.3) is 0 Å². The molecule has 0 heterocycles. The van der Waals surface area contributed by atoms with Gasteiger partial charge in [-0.25, -0.2) is 4.39 Å². The summed E-state index contributed by atoms with van der Waals surface area (Å²) in [6.45, 7) is 6.67. The highest BCUT2D eigenvalue weighted by Crippen LogP contribution is 2.20. The van der Waals surface area contributed by atoms with Gasteiger partial charge in [-0.2, -0.15) is 0 Å². The minimum absolute atomic E-state index is 0.114. The van der Waals surface area contributed by atoms with Gasteiger partial charge < -0.3 is 10.6 Å². The fourth-order valence-corrected chi connectivity index (χ4v) is 2.48. The maximum absolute atomic E-state index is 13.1. The van der Waals surface area contributed by atoms with E-state index in [4.69, 9.17) is 23.8 Å². The van der Waals surface area contributed by atoms with E-state index in [1.807, 2.05) is 6.92 Å². The van der Waals surface area contributed by atoms with Crippen LogP contribution in [0.5, 0.6) is 0 Å². The summed E-state index contributed by atoms with van der Waals surface area (Å²) >= 11 is 11.1. The van der Waals surface area contributed by atoms with Gasteiger partial charge in [-0.15, -0.1) is 0 Å². The Morgan fingerprint density at radius 1 is 1.09 bits per heavy atom. The molecule has 0 aliphatic heterocycles. The number of hydrogen-bond donors (Lipinski definition) is 2. The van der Waals surface area contributed by atoms with Gasteiger partial charge in [-0.1, -0.05) is 23.7 Å². The van der Waals surface area contributed by atoms with E-state index in [-0.39, 0.29) is 5.02 Å². The quantitative estimate of drug-likeness (QED) is 0.780. The van der Waals surface area contributed by atoms with Crippen molar-refractivity contribution in [3.63, 3.8) is 0 Å². The summed E-state index contributed by atoms with van der Waals surface area (Å²) in [6, 6.07) is 8.82. The SMILES string of the molecule is Cc1cc(C)c(NC(=S)NCc2ccc(F)c(Cl)c2)cc1C. The lowest BCUT2D eigenvalue weighted by Gasteiger charge is -2.14. The summed E-state index contributed by atoms with van der Waals surface area (Å²) in [5.74, 6) is -0.420. The first-order valence-corrected chi connectivity index (χ1v) is 7.72. The first kappa shape index (κ1) is 16.7. The number of anilines is 1. The second-order valence-electron chi connectivity index (χ2n) is 5.31. The molecule has 0 aliphatic carbocycles. The highest BCUT2D eigenvalue weighted by molar-refractivity contribution is 7.80. The van der Waals surface area contributed by atoms with Crippen LogP contribution >= 0.6 is 23.8 Å². The molecule has 2 N–H and O–H groups in total. The molecule has 0 saturated carbocycles. The van der Waals surface area contributed by atoms with Crippen molar-refractivity contribution in [2.24, 2.45) is 0 Å². The third-order valence-electron chi connectivity index (χ3n) is 3.53. The first-order valence-electron chi connectivity index (χ1n) is 6.93. The Morgan fingerprint density at radius 3 is 2.45 bits per heavy atom.